The monoisotopic (exact) mass is 248 g/mol. The molecule has 0 heterocycles. The number of allylic oxidation sites excluding steroid dienone is 1. The Balaban J connectivity index is 2.05. The summed E-state index contributed by atoms with van der Waals surface area (Å²) in [5, 5.41) is 0. The minimum atomic E-state index is -0.275. The molecule has 4 atom stereocenters. The first-order valence-corrected chi connectivity index (χ1v) is 6.93. The van der Waals surface area contributed by atoms with Gasteiger partial charge in [-0.25, -0.2) is 0 Å². The lowest BCUT2D eigenvalue weighted by Crippen LogP contribution is -2.58. The lowest BCUT2D eigenvalue weighted by molar-refractivity contribution is -0.166. The van der Waals surface area contributed by atoms with E-state index in [-0.39, 0.29) is 34.9 Å². The quantitative estimate of drug-likeness (QED) is 0.529. The molecule has 0 N–H and O–H groups in total. The van der Waals surface area contributed by atoms with Crippen LogP contribution < -0.4 is 0 Å². The number of esters is 1. The summed E-state index contributed by atoms with van der Waals surface area (Å²) in [5.74, 6) is 0.243. The van der Waals surface area contributed by atoms with Crippen LogP contribution in [0.2, 0.25) is 0 Å². The first-order valence-electron chi connectivity index (χ1n) is 6.93. The lowest BCUT2D eigenvalue weighted by atomic mass is 9.45. The van der Waals surface area contributed by atoms with Crippen LogP contribution in [0.3, 0.4) is 0 Å². The molecule has 0 aromatic heterocycles. The number of Topliss-reactive ketones (excluding diaryl/α,β-unsaturated/α-hetero) is 1. The first-order chi connectivity index (χ1) is 8.62. The summed E-state index contributed by atoms with van der Waals surface area (Å²) < 4.78 is 4.98. The van der Waals surface area contributed by atoms with Gasteiger partial charge in [-0.15, -0.1) is 0 Å². The van der Waals surface area contributed by atoms with Crippen LogP contribution in [0.5, 0.6) is 0 Å². The third kappa shape index (κ3) is 1.30. The largest absolute Gasteiger partial charge is 0.469 e. The second-order valence-electron chi connectivity index (χ2n) is 6.06. The van der Waals surface area contributed by atoms with E-state index in [1.807, 2.05) is 0 Å². The average molecular weight is 248 g/mol. The van der Waals surface area contributed by atoms with Crippen molar-refractivity contribution in [2.75, 3.05) is 7.11 Å². The number of ether oxygens (including phenoxy) is 1. The number of rotatable bonds is 1. The molecule has 0 aliphatic heterocycles. The van der Waals surface area contributed by atoms with E-state index in [4.69, 9.17) is 4.74 Å². The number of carbonyl (C=O) groups excluding carboxylic acids is 2. The Morgan fingerprint density at radius 1 is 1.33 bits per heavy atom. The van der Waals surface area contributed by atoms with Crippen LogP contribution in [0.1, 0.15) is 38.5 Å². The maximum Gasteiger partial charge on any atom is 0.309 e. The SMILES string of the molecule is C=C1C(=O)[C@@]23CCCC[C@@H]2[C@@H](C(=O)OC)[C@@H]1CC3. The van der Waals surface area contributed by atoms with Crippen molar-refractivity contribution in [1.82, 2.24) is 0 Å². The Morgan fingerprint density at radius 2 is 2.11 bits per heavy atom. The number of ketones is 1. The Morgan fingerprint density at radius 3 is 2.83 bits per heavy atom. The van der Waals surface area contributed by atoms with Crippen molar-refractivity contribution in [3.8, 4) is 0 Å². The molecule has 4 aliphatic carbocycles. The smallest absolute Gasteiger partial charge is 0.309 e. The molecule has 0 amide bonds. The number of carbonyl (C=O) groups is 2. The fraction of sp³-hybridized carbons (Fsp3) is 0.733. The van der Waals surface area contributed by atoms with Gasteiger partial charge in [-0.3, -0.25) is 9.59 Å². The van der Waals surface area contributed by atoms with Crippen molar-refractivity contribution in [1.29, 1.82) is 0 Å². The van der Waals surface area contributed by atoms with Gasteiger partial charge in [-0.05, 0) is 37.2 Å². The third-order valence-corrected chi connectivity index (χ3v) is 5.53. The summed E-state index contributed by atoms with van der Waals surface area (Å²) in [6.45, 7) is 3.97. The fourth-order valence-corrected chi connectivity index (χ4v) is 4.71. The van der Waals surface area contributed by atoms with Crippen molar-refractivity contribution in [2.45, 2.75) is 38.5 Å². The van der Waals surface area contributed by atoms with Crippen LogP contribution in [0.4, 0.5) is 0 Å². The second kappa shape index (κ2) is 3.94. The lowest BCUT2D eigenvalue weighted by Gasteiger charge is -2.57. The van der Waals surface area contributed by atoms with Gasteiger partial charge < -0.3 is 4.74 Å². The van der Waals surface area contributed by atoms with Gasteiger partial charge in [0.05, 0.1) is 13.0 Å². The number of hydrogen-bond donors (Lipinski definition) is 0. The highest BCUT2D eigenvalue weighted by molar-refractivity contribution is 6.03. The Bertz CT molecular complexity index is 421. The molecule has 18 heavy (non-hydrogen) atoms. The van der Waals surface area contributed by atoms with Gasteiger partial charge in [0.1, 0.15) is 0 Å². The zero-order valence-corrected chi connectivity index (χ0v) is 10.9. The van der Waals surface area contributed by atoms with Crippen LogP contribution in [-0.4, -0.2) is 18.9 Å². The van der Waals surface area contributed by atoms with Crippen molar-refractivity contribution in [2.24, 2.45) is 23.2 Å². The second-order valence-corrected chi connectivity index (χ2v) is 6.06. The zero-order chi connectivity index (χ0) is 12.9. The molecular formula is C15H20O3. The molecule has 1 spiro atoms. The highest BCUT2D eigenvalue weighted by atomic mass is 16.5. The van der Waals surface area contributed by atoms with E-state index < -0.39 is 0 Å². The average Bonchev–Trinajstić information content (AvgIpc) is 2.42. The molecule has 2 bridgehead atoms. The minimum Gasteiger partial charge on any atom is -0.469 e. The van der Waals surface area contributed by atoms with Gasteiger partial charge in [0, 0.05) is 11.3 Å². The highest BCUT2D eigenvalue weighted by Crippen LogP contribution is 2.61. The van der Waals surface area contributed by atoms with E-state index in [1.165, 1.54) is 7.11 Å². The standard InChI is InChI=1S/C15H20O3/c1-9-10-6-8-15(13(9)16)7-4-3-5-11(15)12(10)14(17)18-2/h10-12H,1,3-8H2,2H3/t10-,11-,12+,15-/m1/s1. The third-order valence-electron chi connectivity index (χ3n) is 5.53. The van der Waals surface area contributed by atoms with Crippen molar-refractivity contribution in [3.05, 3.63) is 12.2 Å². The fourth-order valence-electron chi connectivity index (χ4n) is 4.71. The van der Waals surface area contributed by atoms with Crippen molar-refractivity contribution < 1.29 is 14.3 Å². The van der Waals surface area contributed by atoms with E-state index in [0.29, 0.717) is 5.57 Å². The van der Waals surface area contributed by atoms with Gasteiger partial charge >= 0.3 is 5.97 Å². The van der Waals surface area contributed by atoms with E-state index in [0.717, 1.165) is 38.5 Å². The summed E-state index contributed by atoms with van der Waals surface area (Å²) in [6.07, 6.45) is 6.06. The van der Waals surface area contributed by atoms with Crippen molar-refractivity contribution >= 4 is 11.8 Å². The minimum absolute atomic E-state index is 0.0370. The zero-order valence-electron chi connectivity index (χ0n) is 10.9. The predicted octanol–water partition coefficient (Wildman–Crippen LogP) is 2.50. The number of fused-ring (bicyclic) bond motifs is 2. The van der Waals surface area contributed by atoms with E-state index in [1.54, 1.807) is 0 Å². The number of methoxy groups -OCH3 is 1. The molecular weight excluding hydrogens is 228 g/mol. The van der Waals surface area contributed by atoms with Gasteiger partial charge in [-0.2, -0.15) is 0 Å². The van der Waals surface area contributed by atoms with Gasteiger partial charge in [0.15, 0.2) is 5.78 Å². The molecule has 98 valence electrons. The van der Waals surface area contributed by atoms with Gasteiger partial charge in [-0.1, -0.05) is 19.4 Å². The molecule has 0 unspecified atom stereocenters. The summed E-state index contributed by atoms with van der Waals surface area (Å²) in [5.41, 5.74) is 0.415. The van der Waals surface area contributed by atoms with Crippen LogP contribution in [0, 0.1) is 23.2 Å². The van der Waals surface area contributed by atoms with Crippen molar-refractivity contribution in [3.63, 3.8) is 0 Å². The van der Waals surface area contributed by atoms with Gasteiger partial charge in [0.25, 0.3) is 0 Å². The maximum atomic E-state index is 12.5. The van der Waals surface area contributed by atoms with Crippen LogP contribution in [-0.2, 0) is 14.3 Å². The number of hydrogen-bond acceptors (Lipinski definition) is 3. The Hall–Kier alpha value is -1.12. The molecule has 4 rings (SSSR count). The normalized spacial score (nSPS) is 42.6. The summed E-state index contributed by atoms with van der Waals surface area (Å²) >= 11 is 0. The summed E-state index contributed by atoms with van der Waals surface area (Å²) in [4.78, 5) is 24.6. The van der Waals surface area contributed by atoms with E-state index in [9.17, 15) is 9.59 Å². The Labute approximate surface area is 108 Å². The molecule has 0 aromatic carbocycles. The van der Waals surface area contributed by atoms with Crippen LogP contribution >= 0.6 is 0 Å². The van der Waals surface area contributed by atoms with E-state index >= 15 is 0 Å². The van der Waals surface area contributed by atoms with Crippen LogP contribution in [0.15, 0.2) is 12.2 Å². The molecule has 0 aromatic rings. The molecule has 0 saturated heterocycles. The van der Waals surface area contributed by atoms with Crippen LogP contribution in [0.25, 0.3) is 0 Å². The molecule has 4 aliphatic rings. The molecule has 0 radical (unpaired) electrons. The highest BCUT2D eigenvalue weighted by Gasteiger charge is 2.62. The first kappa shape index (κ1) is 11.9. The van der Waals surface area contributed by atoms with E-state index in [2.05, 4.69) is 6.58 Å². The van der Waals surface area contributed by atoms with Gasteiger partial charge in [0.2, 0.25) is 0 Å². The predicted molar refractivity (Wildman–Crippen MR) is 66.8 cm³/mol. The topological polar surface area (TPSA) is 43.4 Å². The molecule has 4 saturated carbocycles. The maximum absolute atomic E-state index is 12.5. The Kier molecular flexibility index (Phi) is 2.61. The summed E-state index contributed by atoms with van der Waals surface area (Å²) in [7, 11) is 1.45. The summed E-state index contributed by atoms with van der Waals surface area (Å²) in [6, 6.07) is 0. The molecule has 4 fully saturated rings. The molecule has 3 heteroatoms. The molecule has 3 nitrogen and oxygen atoms in total.